The van der Waals surface area contributed by atoms with Crippen molar-refractivity contribution in [3.63, 3.8) is 0 Å². The van der Waals surface area contributed by atoms with Crippen LogP contribution in [-0.4, -0.2) is 34.6 Å². The second-order valence-electron chi connectivity index (χ2n) is 26.2. The molecule has 0 saturated heterocycles. The Morgan fingerprint density at radius 3 is 1.53 bits per heavy atom. The van der Waals surface area contributed by atoms with Gasteiger partial charge in [0.05, 0.1) is 28.0 Å². The molecule has 0 bridgehead atoms. The van der Waals surface area contributed by atoms with E-state index in [4.69, 9.17) is 24.9 Å². The number of pyridine rings is 1. The van der Waals surface area contributed by atoms with Crippen molar-refractivity contribution in [3.05, 3.63) is 198 Å². The Bertz CT molecular complexity index is 3820. The van der Waals surface area contributed by atoms with E-state index in [1.54, 1.807) is 0 Å². The predicted octanol–water partition coefficient (Wildman–Crippen LogP) is 18.5. The number of para-hydroxylation sites is 1. The van der Waals surface area contributed by atoms with Gasteiger partial charge in [-0.25, -0.2) is 19.9 Å². The molecule has 0 amide bonds. The minimum absolute atomic E-state index is 0.173. The second-order valence-corrected chi connectivity index (χ2v) is 26.2. The Kier molecular flexibility index (Phi) is 13.5. The molecule has 0 fully saturated rings. The largest absolute Gasteiger partial charge is 0.507 e. The van der Waals surface area contributed by atoms with Gasteiger partial charge in [-0.3, -0.25) is 9.55 Å². The maximum atomic E-state index is 12.8. The summed E-state index contributed by atoms with van der Waals surface area (Å²) in [7, 11) is 0. The van der Waals surface area contributed by atoms with E-state index in [2.05, 4.69) is 266 Å². The predicted molar refractivity (Wildman–Crippen MR) is 325 cm³/mol. The molecule has 0 unspecified atom stereocenters. The maximum Gasteiger partial charge on any atom is 0.163 e. The molecule has 0 radical (unpaired) electrons. The highest BCUT2D eigenvalue weighted by Crippen LogP contribution is 2.46. The number of benzene rings is 7. The van der Waals surface area contributed by atoms with Gasteiger partial charge in [0.1, 0.15) is 23.2 Å². The normalized spacial score (nSPS) is 12.6. The monoisotopic (exact) mass is 1030 g/mol. The molecule has 7 nitrogen and oxygen atoms in total. The Hall–Kier alpha value is -8.03. The Balaban J connectivity index is 1.21. The Labute approximate surface area is 462 Å². The molecule has 10 aromatic rings. The zero-order chi connectivity index (χ0) is 55.7. The summed E-state index contributed by atoms with van der Waals surface area (Å²) in [6.07, 6.45) is 1.91. The standard InChI is InChI=1S/C71H74N6O/c1-67(2,3)52-38-50(37-51(39-52)58-41-49(35-36-72-58)44-23-18-16-19-24-44)54-27-22-28-60-61(54)73-64(56-42-53(68(4,5)6)43-57(62(56)78)69(7,8)9)77(60)59-34-33-48(40-55(59)46-25-20-17-21-26-46)45-29-31-47(32-30-45)63-74-65(70(10,11)12)76-66(75-63)71(13,14)15/h16-43,78H,1-15H3. The van der Waals surface area contributed by atoms with Crippen LogP contribution in [0.5, 0.6) is 5.75 Å². The van der Waals surface area contributed by atoms with Gasteiger partial charge >= 0.3 is 0 Å². The van der Waals surface area contributed by atoms with Gasteiger partial charge in [-0.15, -0.1) is 0 Å². The average molecular weight is 1030 g/mol. The van der Waals surface area contributed by atoms with Crippen LogP contribution in [0, 0.1) is 0 Å². The third kappa shape index (κ3) is 10.7. The molecule has 0 aliphatic rings. The summed E-state index contributed by atoms with van der Waals surface area (Å²) in [5.41, 5.74) is 16.7. The SMILES string of the molecule is CC(C)(C)c1cc(-c2cc(-c3ccccc3)ccn2)cc(-c2cccc3c2nc(-c2cc(C(C)(C)C)cc(C(C)(C)C)c2O)n3-c2ccc(-c3ccc(-c4nc(C(C)(C)C)nc(C(C)(C)C)n4)cc3)cc2-c2ccccc2)c1. The number of fused-ring (bicyclic) bond motifs is 1. The van der Waals surface area contributed by atoms with E-state index in [9.17, 15) is 5.11 Å². The van der Waals surface area contributed by atoms with Crippen LogP contribution in [0.15, 0.2) is 170 Å². The number of aromatic hydroxyl groups is 1. The molecule has 3 aromatic heterocycles. The third-order valence-electron chi connectivity index (χ3n) is 14.8. The van der Waals surface area contributed by atoms with E-state index in [1.807, 2.05) is 12.3 Å². The molecule has 0 aliphatic heterocycles. The number of hydrogen-bond donors (Lipinski definition) is 1. The first kappa shape index (κ1) is 53.4. The maximum absolute atomic E-state index is 12.8. The van der Waals surface area contributed by atoms with Crippen LogP contribution in [0.25, 0.3) is 95.3 Å². The summed E-state index contributed by atoms with van der Waals surface area (Å²) in [5, 5.41) is 12.8. The number of aromatic nitrogens is 6. The van der Waals surface area contributed by atoms with E-state index in [1.165, 1.54) is 5.56 Å². The van der Waals surface area contributed by atoms with Crippen molar-refractivity contribution in [2.75, 3.05) is 0 Å². The van der Waals surface area contributed by atoms with E-state index < -0.39 is 0 Å². The molecular formula is C71H74N6O. The van der Waals surface area contributed by atoms with Gasteiger partial charge in [-0.2, -0.15) is 0 Å². The smallest absolute Gasteiger partial charge is 0.163 e. The lowest BCUT2D eigenvalue weighted by atomic mass is 9.79. The average Bonchev–Trinajstić information content (AvgIpc) is 3.90. The van der Waals surface area contributed by atoms with Crippen LogP contribution in [0.3, 0.4) is 0 Å². The first-order chi connectivity index (χ1) is 36.7. The van der Waals surface area contributed by atoms with Crippen LogP contribution in [0.4, 0.5) is 0 Å². The number of rotatable bonds is 8. The van der Waals surface area contributed by atoms with Gasteiger partial charge < -0.3 is 5.11 Å². The highest BCUT2D eigenvalue weighted by Gasteiger charge is 2.31. The zero-order valence-corrected chi connectivity index (χ0v) is 48.3. The first-order valence-corrected chi connectivity index (χ1v) is 27.4. The first-order valence-electron chi connectivity index (χ1n) is 27.4. The molecule has 7 heteroatoms. The summed E-state index contributed by atoms with van der Waals surface area (Å²) < 4.78 is 2.28. The molecule has 7 aromatic carbocycles. The van der Waals surface area contributed by atoms with Crippen LogP contribution in [-0.2, 0) is 27.1 Å². The van der Waals surface area contributed by atoms with Crippen LogP contribution >= 0.6 is 0 Å². The number of nitrogens with zero attached hydrogens (tertiary/aromatic N) is 6. The van der Waals surface area contributed by atoms with Gasteiger partial charge in [0.25, 0.3) is 0 Å². The molecule has 0 atom stereocenters. The molecule has 0 spiro atoms. The molecule has 394 valence electrons. The number of phenols is 1. The van der Waals surface area contributed by atoms with Gasteiger partial charge in [0.2, 0.25) is 0 Å². The molecule has 3 heterocycles. The van der Waals surface area contributed by atoms with E-state index in [-0.39, 0.29) is 32.8 Å². The summed E-state index contributed by atoms with van der Waals surface area (Å²) in [6, 6.07) is 58.3. The molecule has 10 rings (SSSR count). The number of hydrogen-bond acceptors (Lipinski definition) is 6. The Morgan fingerprint density at radius 1 is 0.372 bits per heavy atom. The van der Waals surface area contributed by atoms with Gasteiger partial charge in [-0.05, 0) is 109 Å². The van der Waals surface area contributed by atoms with Crippen molar-refractivity contribution in [1.29, 1.82) is 0 Å². The van der Waals surface area contributed by atoms with E-state index >= 15 is 0 Å². The zero-order valence-electron chi connectivity index (χ0n) is 48.3. The quantitative estimate of drug-likeness (QED) is 0.163. The fourth-order valence-electron chi connectivity index (χ4n) is 10.1. The minimum Gasteiger partial charge on any atom is -0.507 e. The van der Waals surface area contributed by atoms with Crippen molar-refractivity contribution < 1.29 is 5.11 Å². The molecular weight excluding hydrogens is 953 g/mol. The topological polar surface area (TPSA) is 89.6 Å². The van der Waals surface area contributed by atoms with Crippen LogP contribution < -0.4 is 0 Å². The van der Waals surface area contributed by atoms with Crippen molar-refractivity contribution in [2.45, 2.75) is 131 Å². The van der Waals surface area contributed by atoms with Gasteiger partial charge in [-0.1, -0.05) is 219 Å². The molecule has 78 heavy (non-hydrogen) atoms. The summed E-state index contributed by atoms with van der Waals surface area (Å²) in [4.78, 5) is 25.7. The van der Waals surface area contributed by atoms with Crippen molar-refractivity contribution >= 4 is 11.0 Å². The summed E-state index contributed by atoms with van der Waals surface area (Å²) >= 11 is 0. The van der Waals surface area contributed by atoms with E-state index in [0.717, 1.165) is 101 Å². The fourth-order valence-corrected chi connectivity index (χ4v) is 10.1. The molecule has 1 N–H and O–H groups in total. The molecule has 0 saturated carbocycles. The van der Waals surface area contributed by atoms with Crippen LogP contribution in [0.2, 0.25) is 0 Å². The fraction of sp³-hybridized carbons (Fsp3) is 0.282. The lowest BCUT2D eigenvalue weighted by Gasteiger charge is -2.27. The van der Waals surface area contributed by atoms with Crippen molar-refractivity contribution in [2.24, 2.45) is 0 Å². The Morgan fingerprint density at radius 2 is 0.923 bits per heavy atom. The third-order valence-corrected chi connectivity index (χ3v) is 14.8. The second kappa shape index (κ2) is 19.8. The number of imidazole rings is 1. The molecule has 0 aliphatic carbocycles. The lowest BCUT2D eigenvalue weighted by Crippen LogP contribution is -2.24. The number of phenolic OH excluding ortho intramolecular Hbond substituents is 1. The summed E-state index contributed by atoms with van der Waals surface area (Å²) in [6.45, 7) is 32.8. The lowest BCUT2D eigenvalue weighted by molar-refractivity contribution is 0.446. The van der Waals surface area contributed by atoms with Crippen molar-refractivity contribution in [3.8, 4) is 90.0 Å². The highest BCUT2D eigenvalue weighted by molar-refractivity contribution is 5.98. The minimum atomic E-state index is -0.364. The highest BCUT2D eigenvalue weighted by atomic mass is 16.3. The van der Waals surface area contributed by atoms with Gasteiger partial charge in [0.15, 0.2) is 5.82 Å². The van der Waals surface area contributed by atoms with E-state index in [0.29, 0.717) is 17.2 Å². The van der Waals surface area contributed by atoms with Crippen LogP contribution in [0.1, 0.15) is 132 Å². The van der Waals surface area contributed by atoms with Crippen molar-refractivity contribution in [1.82, 2.24) is 29.5 Å². The summed E-state index contributed by atoms with van der Waals surface area (Å²) in [5.74, 6) is 3.12. The van der Waals surface area contributed by atoms with Gasteiger partial charge in [0, 0.05) is 44.8 Å².